The standard InChI is InChI=1S/C36H33NO4S2/c38-27-41-23-22-33-25-34(26-37(33)43(39,40)35-21-20-28-12-10-11-13-29(28)24-35)42-36(30-14-4-1-5-15-30,31-16-6-2-7-17-31)32-18-8-3-9-19-32/h1-21,24,27,33-34H,22-23,25-26H2/t33-,34-/m1/s1. The minimum absolute atomic E-state index is 0.0305. The van der Waals surface area contributed by atoms with Gasteiger partial charge in [-0.2, -0.15) is 4.31 Å². The third kappa shape index (κ3) is 5.85. The number of nitrogens with zero attached hydrogens (tertiary/aromatic N) is 1. The lowest BCUT2D eigenvalue weighted by molar-refractivity contribution is -0.128. The molecule has 0 saturated carbocycles. The maximum atomic E-state index is 14.2. The Morgan fingerprint density at radius 2 is 1.28 bits per heavy atom. The van der Waals surface area contributed by atoms with Crippen LogP contribution < -0.4 is 0 Å². The molecule has 2 atom stereocenters. The molecule has 1 saturated heterocycles. The third-order valence-electron chi connectivity index (χ3n) is 8.17. The molecule has 1 aliphatic rings. The molecule has 1 heterocycles. The Balaban J connectivity index is 1.42. The maximum Gasteiger partial charge on any atom is 0.293 e. The lowest BCUT2D eigenvalue weighted by Crippen LogP contribution is -2.37. The first-order chi connectivity index (χ1) is 21.0. The molecule has 0 unspecified atom stereocenters. The predicted molar refractivity (Wildman–Crippen MR) is 173 cm³/mol. The average Bonchev–Trinajstić information content (AvgIpc) is 3.48. The van der Waals surface area contributed by atoms with Gasteiger partial charge in [-0.25, -0.2) is 8.42 Å². The normalized spacial score (nSPS) is 17.6. The summed E-state index contributed by atoms with van der Waals surface area (Å²) < 4.78 is 34.6. The van der Waals surface area contributed by atoms with Crippen molar-refractivity contribution >= 4 is 39.0 Å². The second kappa shape index (κ2) is 12.8. The summed E-state index contributed by atoms with van der Waals surface area (Å²) in [5.74, 6) is 0. The van der Waals surface area contributed by atoms with E-state index in [0.717, 1.165) is 27.5 Å². The van der Waals surface area contributed by atoms with Gasteiger partial charge in [-0.3, -0.25) is 4.79 Å². The van der Waals surface area contributed by atoms with E-state index in [1.54, 1.807) is 28.2 Å². The molecular weight excluding hydrogens is 575 g/mol. The van der Waals surface area contributed by atoms with E-state index in [-0.39, 0.29) is 22.8 Å². The van der Waals surface area contributed by atoms with Crippen LogP contribution in [0.5, 0.6) is 0 Å². The number of hydrogen-bond donors (Lipinski definition) is 0. The van der Waals surface area contributed by atoms with Gasteiger partial charge in [0.1, 0.15) is 0 Å². The SMILES string of the molecule is O=COCC[C@@H]1C[C@@H](SC(c2ccccc2)(c2ccccc2)c2ccccc2)CN1S(=O)(=O)c1ccc2ccccc2c1. The van der Waals surface area contributed by atoms with Crippen molar-refractivity contribution in [3.05, 3.63) is 150 Å². The minimum atomic E-state index is -3.82. The van der Waals surface area contributed by atoms with Gasteiger partial charge in [0.05, 0.1) is 16.2 Å². The van der Waals surface area contributed by atoms with Crippen molar-refractivity contribution < 1.29 is 17.9 Å². The van der Waals surface area contributed by atoms with Crippen LogP contribution in [0.25, 0.3) is 10.8 Å². The molecule has 0 bridgehead atoms. The van der Waals surface area contributed by atoms with Gasteiger partial charge >= 0.3 is 0 Å². The van der Waals surface area contributed by atoms with Crippen LogP contribution in [0.3, 0.4) is 0 Å². The Kier molecular flexibility index (Phi) is 8.66. The van der Waals surface area contributed by atoms with Gasteiger partial charge in [0.25, 0.3) is 6.47 Å². The number of benzene rings is 5. The molecule has 7 heteroatoms. The van der Waals surface area contributed by atoms with Crippen LogP contribution in [-0.2, 0) is 24.3 Å². The topological polar surface area (TPSA) is 63.7 Å². The Morgan fingerprint density at radius 1 is 0.744 bits per heavy atom. The third-order valence-corrected chi connectivity index (χ3v) is 11.8. The summed E-state index contributed by atoms with van der Waals surface area (Å²) in [4.78, 5) is 11.2. The molecule has 5 nitrogen and oxygen atoms in total. The Bertz CT molecular complexity index is 1680. The molecule has 5 aromatic carbocycles. The molecule has 0 aromatic heterocycles. The number of rotatable bonds is 11. The summed E-state index contributed by atoms with van der Waals surface area (Å²) in [6, 6.07) is 44.1. The van der Waals surface area contributed by atoms with E-state index in [1.165, 1.54) is 0 Å². The largest absolute Gasteiger partial charge is 0.468 e. The van der Waals surface area contributed by atoms with E-state index in [4.69, 9.17) is 4.74 Å². The molecule has 0 spiro atoms. The van der Waals surface area contributed by atoms with Crippen LogP contribution in [-0.4, -0.2) is 43.6 Å². The molecule has 0 amide bonds. The Morgan fingerprint density at radius 3 is 1.84 bits per heavy atom. The highest BCUT2D eigenvalue weighted by Gasteiger charge is 2.46. The number of carbonyl (C=O) groups excluding carboxylic acids is 1. The second-order valence-corrected chi connectivity index (χ2v) is 14.2. The molecule has 0 radical (unpaired) electrons. The summed E-state index contributed by atoms with van der Waals surface area (Å²) in [5, 5.41) is 1.84. The van der Waals surface area contributed by atoms with E-state index in [1.807, 2.05) is 48.5 Å². The number of thioether (sulfide) groups is 1. The summed E-state index contributed by atoms with van der Waals surface area (Å²) in [7, 11) is -3.82. The van der Waals surface area contributed by atoms with E-state index >= 15 is 0 Å². The summed E-state index contributed by atoms with van der Waals surface area (Å²) >= 11 is 1.80. The van der Waals surface area contributed by atoms with Gasteiger partial charge in [0.2, 0.25) is 10.0 Å². The zero-order chi connectivity index (χ0) is 29.7. The Labute approximate surface area is 257 Å². The first-order valence-electron chi connectivity index (χ1n) is 14.4. The fraction of sp³-hybridized carbons (Fsp3) is 0.194. The van der Waals surface area contributed by atoms with E-state index < -0.39 is 14.8 Å². The molecule has 218 valence electrons. The number of fused-ring (bicyclic) bond motifs is 1. The van der Waals surface area contributed by atoms with Gasteiger partial charge in [-0.1, -0.05) is 121 Å². The van der Waals surface area contributed by atoms with Crippen LogP contribution in [0.15, 0.2) is 138 Å². The quantitative estimate of drug-likeness (QED) is 0.0899. The van der Waals surface area contributed by atoms with Crippen LogP contribution in [0, 0.1) is 0 Å². The van der Waals surface area contributed by atoms with Gasteiger partial charge in [-0.05, 0) is 52.4 Å². The predicted octanol–water partition coefficient (Wildman–Crippen LogP) is 7.26. The molecular formula is C36H33NO4S2. The lowest BCUT2D eigenvalue weighted by atomic mass is 9.84. The molecule has 0 N–H and O–H groups in total. The van der Waals surface area contributed by atoms with Gasteiger partial charge in [0.15, 0.2) is 0 Å². The summed E-state index contributed by atoms with van der Waals surface area (Å²) in [6.07, 6.45) is 1.06. The van der Waals surface area contributed by atoms with Crippen LogP contribution in [0.2, 0.25) is 0 Å². The van der Waals surface area contributed by atoms with Crippen molar-refractivity contribution in [3.8, 4) is 0 Å². The number of carbonyl (C=O) groups is 1. The summed E-state index contributed by atoms with van der Waals surface area (Å²) in [5.41, 5.74) is 3.40. The van der Waals surface area contributed by atoms with Gasteiger partial charge in [0, 0.05) is 17.8 Å². The highest BCUT2D eigenvalue weighted by atomic mass is 32.2. The summed E-state index contributed by atoms with van der Waals surface area (Å²) in [6.45, 7) is 0.935. The van der Waals surface area contributed by atoms with Crippen LogP contribution in [0.1, 0.15) is 29.5 Å². The second-order valence-electron chi connectivity index (χ2n) is 10.7. The number of ether oxygens (including phenoxy) is 1. The van der Waals surface area contributed by atoms with Gasteiger partial charge in [-0.15, -0.1) is 11.8 Å². The highest BCUT2D eigenvalue weighted by molar-refractivity contribution is 8.01. The van der Waals surface area contributed by atoms with Crippen molar-refractivity contribution in [3.63, 3.8) is 0 Å². The first kappa shape index (κ1) is 29.2. The molecule has 1 aliphatic heterocycles. The Hall–Kier alpha value is -3.91. The first-order valence-corrected chi connectivity index (χ1v) is 16.7. The van der Waals surface area contributed by atoms with Crippen LogP contribution >= 0.6 is 11.8 Å². The van der Waals surface area contributed by atoms with Crippen molar-refractivity contribution in [2.24, 2.45) is 0 Å². The van der Waals surface area contributed by atoms with E-state index in [9.17, 15) is 13.2 Å². The average molecular weight is 608 g/mol. The zero-order valence-corrected chi connectivity index (χ0v) is 25.3. The van der Waals surface area contributed by atoms with E-state index in [0.29, 0.717) is 25.9 Å². The number of hydrogen-bond acceptors (Lipinski definition) is 5. The molecule has 6 rings (SSSR count). The molecule has 43 heavy (non-hydrogen) atoms. The lowest BCUT2D eigenvalue weighted by Gasteiger charge is -2.37. The van der Waals surface area contributed by atoms with Crippen molar-refractivity contribution in [1.82, 2.24) is 4.31 Å². The minimum Gasteiger partial charge on any atom is -0.468 e. The highest BCUT2D eigenvalue weighted by Crippen LogP contribution is 2.52. The van der Waals surface area contributed by atoms with Crippen molar-refractivity contribution in [1.29, 1.82) is 0 Å². The fourth-order valence-electron chi connectivity index (χ4n) is 6.18. The maximum absolute atomic E-state index is 14.2. The van der Waals surface area contributed by atoms with Gasteiger partial charge < -0.3 is 4.74 Å². The monoisotopic (exact) mass is 607 g/mol. The zero-order valence-electron chi connectivity index (χ0n) is 23.7. The fourth-order valence-corrected chi connectivity index (χ4v) is 9.89. The molecule has 1 fully saturated rings. The number of sulfonamides is 1. The van der Waals surface area contributed by atoms with Crippen LogP contribution in [0.4, 0.5) is 0 Å². The molecule has 5 aromatic rings. The molecule has 0 aliphatic carbocycles. The van der Waals surface area contributed by atoms with Crippen molar-refractivity contribution in [2.75, 3.05) is 13.2 Å². The smallest absolute Gasteiger partial charge is 0.293 e. The van der Waals surface area contributed by atoms with E-state index in [2.05, 4.69) is 72.8 Å². The van der Waals surface area contributed by atoms with Crippen molar-refractivity contribution in [2.45, 2.75) is 33.8 Å².